The van der Waals surface area contributed by atoms with Gasteiger partial charge >= 0.3 is 0 Å². The molecule has 0 saturated heterocycles. The lowest BCUT2D eigenvalue weighted by Gasteiger charge is -2.01. The van der Waals surface area contributed by atoms with Gasteiger partial charge in [-0.3, -0.25) is 0 Å². The molecule has 0 atom stereocenters. The number of aryl methyl sites for hydroxylation is 2. The van der Waals surface area contributed by atoms with Crippen molar-refractivity contribution in [3.8, 4) is 11.3 Å². The van der Waals surface area contributed by atoms with Crippen LogP contribution >= 0.6 is 22.9 Å². The number of hydrogen-bond acceptors (Lipinski definition) is 3. The van der Waals surface area contributed by atoms with Crippen molar-refractivity contribution in [3.05, 3.63) is 33.8 Å². The van der Waals surface area contributed by atoms with Gasteiger partial charge in [0.2, 0.25) is 0 Å². The van der Waals surface area contributed by atoms with Gasteiger partial charge in [0.05, 0.1) is 5.01 Å². The first-order valence-electron chi connectivity index (χ1n) is 4.57. The van der Waals surface area contributed by atoms with Gasteiger partial charge in [0.25, 0.3) is 0 Å². The van der Waals surface area contributed by atoms with Crippen LogP contribution in [0.5, 0.6) is 0 Å². The molecule has 0 spiro atoms. The Morgan fingerprint density at radius 3 is 2.60 bits per heavy atom. The number of nitrogens with two attached hydrogens (primary N) is 1. The van der Waals surface area contributed by atoms with Crippen LogP contribution in [0.15, 0.2) is 18.2 Å². The van der Waals surface area contributed by atoms with Gasteiger partial charge in [0.1, 0.15) is 10.7 Å². The van der Waals surface area contributed by atoms with Gasteiger partial charge in [-0.05, 0) is 25.5 Å². The number of rotatable bonds is 1. The fourth-order valence-electron chi connectivity index (χ4n) is 1.39. The molecule has 0 aliphatic carbocycles. The minimum absolute atomic E-state index is 0.743. The van der Waals surface area contributed by atoms with Crippen LogP contribution in [0.1, 0.15) is 10.6 Å². The van der Waals surface area contributed by atoms with Crippen LogP contribution in [0.2, 0.25) is 5.02 Å². The standard InChI is InChI=1S/C11H11ClN2S/c1-6-3-4-8(5-9(6)12)10-11(13)15-7(2)14-10/h3-5H,13H2,1-2H3. The number of anilines is 1. The molecule has 0 bridgehead atoms. The van der Waals surface area contributed by atoms with Gasteiger partial charge in [-0.25, -0.2) is 4.98 Å². The minimum atomic E-state index is 0.743. The minimum Gasteiger partial charge on any atom is -0.389 e. The number of nitrogens with zero attached hydrogens (tertiary/aromatic N) is 1. The Hall–Kier alpha value is -1.06. The number of halogens is 1. The summed E-state index contributed by atoms with van der Waals surface area (Å²) in [5.74, 6) is 0. The second-order valence-corrected chi connectivity index (χ2v) is 5.05. The lowest BCUT2D eigenvalue weighted by molar-refractivity contribution is 1.30. The molecular weight excluding hydrogens is 228 g/mol. The topological polar surface area (TPSA) is 38.9 Å². The first kappa shape index (κ1) is 10.5. The highest BCUT2D eigenvalue weighted by Gasteiger charge is 2.09. The van der Waals surface area contributed by atoms with Gasteiger partial charge in [-0.2, -0.15) is 0 Å². The second kappa shape index (κ2) is 3.83. The predicted octanol–water partition coefficient (Wildman–Crippen LogP) is 3.66. The van der Waals surface area contributed by atoms with Crippen molar-refractivity contribution in [1.82, 2.24) is 4.98 Å². The summed E-state index contributed by atoms with van der Waals surface area (Å²) in [6.07, 6.45) is 0. The Kier molecular flexibility index (Phi) is 2.67. The number of benzene rings is 1. The first-order valence-corrected chi connectivity index (χ1v) is 5.77. The molecule has 2 N–H and O–H groups in total. The maximum absolute atomic E-state index is 6.06. The molecule has 2 nitrogen and oxygen atoms in total. The van der Waals surface area contributed by atoms with E-state index in [9.17, 15) is 0 Å². The zero-order valence-corrected chi connectivity index (χ0v) is 10.1. The molecule has 0 radical (unpaired) electrons. The Morgan fingerprint density at radius 1 is 1.33 bits per heavy atom. The summed E-state index contributed by atoms with van der Waals surface area (Å²) in [6, 6.07) is 5.87. The summed E-state index contributed by atoms with van der Waals surface area (Å²) in [4.78, 5) is 4.39. The summed E-state index contributed by atoms with van der Waals surface area (Å²) in [5.41, 5.74) is 8.75. The van der Waals surface area contributed by atoms with Crippen LogP contribution in [0.4, 0.5) is 5.00 Å². The van der Waals surface area contributed by atoms with E-state index in [1.807, 2.05) is 32.0 Å². The molecule has 1 heterocycles. The Bertz CT molecular complexity index is 505. The fourth-order valence-corrected chi connectivity index (χ4v) is 2.29. The van der Waals surface area contributed by atoms with Crippen LogP contribution in [0.25, 0.3) is 11.3 Å². The Morgan fingerprint density at radius 2 is 2.07 bits per heavy atom. The Labute approximate surface area is 97.7 Å². The van der Waals surface area contributed by atoms with E-state index < -0.39 is 0 Å². The van der Waals surface area contributed by atoms with Gasteiger partial charge in [-0.15, -0.1) is 11.3 Å². The first-order chi connectivity index (χ1) is 7.08. The maximum atomic E-state index is 6.06. The van der Waals surface area contributed by atoms with E-state index in [1.165, 1.54) is 11.3 Å². The van der Waals surface area contributed by atoms with Crippen LogP contribution < -0.4 is 5.73 Å². The number of aromatic nitrogens is 1. The number of hydrogen-bond donors (Lipinski definition) is 1. The highest BCUT2D eigenvalue weighted by atomic mass is 35.5. The largest absolute Gasteiger partial charge is 0.389 e. The Balaban J connectivity index is 2.54. The highest BCUT2D eigenvalue weighted by molar-refractivity contribution is 7.16. The molecule has 2 aromatic rings. The summed E-state index contributed by atoms with van der Waals surface area (Å²) >= 11 is 7.56. The number of thiazole rings is 1. The lowest BCUT2D eigenvalue weighted by Crippen LogP contribution is -1.86. The van der Waals surface area contributed by atoms with E-state index in [-0.39, 0.29) is 0 Å². The molecule has 1 aromatic carbocycles. The van der Waals surface area contributed by atoms with Crippen molar-refractivity contribution in [3.63, 3.8) is 0 Å². The van der Waals surface area contributed by atoms with Crippen LogP contribution in [0.3, 0.4) is 0 Å². The molecule has 0 saturated carbocycles. The van der Waals surface area contributed by atoms with Crippen molar-refractivity contribution < 1.29 is 0 Å². The van der Waals surface area contributed by atoms with E-state index in [4.69, 9.17) is 17.3 Å². The van der Waals surface area contributed by atoms with Crippen molar-refractivity contribution in [2.45, 2.75) is 13.8 Å². The smallest absolute Gasteiger partial charge is 0.114 e. The molecule has 0 aliphatic heterocycles. The SMILES string of the molecule is Cc1nc(-c2ccc(C)c(Cl)c2)c(N)s1. The molecule has 1 aromatic heterocycles. The molecule has 4 heteroatoms. The molecule has 15 heavy (non-hydrogen) atoms. The highest BCUT2D eigenvalue weighted by Crippen LogP contribution is 2.32. The third-order valence-electron chi connectivity index (χ3n) is 2.21. The summed E-state index contributed by atoms with van der Waals surface area (Å²) in [5, 5.41) is 2.46. The van der Waals surface area contributed by atoms with E-state index in [2.05, 4.69) is 4.98 Å². The third kappa shape index (κ3) is 1.98. The van der Waals surface area contributed by atoms with Gasteiger partial charge < -0.3 is 5.73 Å². The lowest BCUT2D eigenvalue weighted by atomic mass is 10.1. The normalized spacial score (nSPS) is 10.6. The molecule has 0 aliphatic rings. The average molecular weight is 239 g/mol. The van der Waals surface area contributed by atoms with E-state index in [0.29, 0.717) is 0 Å². The van der Waals surface area contributed by atoms with E-state index in [0.717, 1.165) is 31.9 Å². The predicted molar refractivity (Wildman–Crippen MR) is 66.4 cm³/mol. The molecule has 2 rings (SSSR count). The van der Waals surface area contributed by atoms with Crippen LogP contribution in [0, 0.1) is 13.8 Å². The van der Waals surface area contributed by atoms with Gasteiger partial charge in [0.15, 0.2) is 0 Å². The van der Waals surface area contributed by atoms with Crippen LogP contribution in [-0.4, -0.2) is 4.98 Å². The monoisotopic (exact) mass is 238 g/mol. The molecule has 78 valence electrons. The van der Waals surface area contributed by atoms with Crippen molar-refractivity contribution in [2.24, 2.45) is 0 Å². The second-order valence-electron chi connectivity index (χ2n) is 3.41. The molecule has 0 amide bonds. The van der Waals surface area contributed by atoms with Crippen molar-refractivity contribution in [1.29, 1.82) is 0 Å². The van der Waals surface area contributed by atoms with Gasteiger partial charge in [-0.1, -0.05) is 23.7 Å². The van der Waals surface area contributed by atoms with Crippen molar-refractivity contribution in [2.75, 3.05) is 5.73 Å². The van der Waals surface area contributed by atoms with Crippen molar-refractivity contribution >= 4 is 27.9 Å². The van der Waals surface area contributed by atoms with E-state index >= 15 is 0 Å². The average Bonchev–Trinajstić information content (AvgIpc) is 2.50. The zero-order chi connectivity index (χ0) is 11.0. The summed E-state index contributed by atoms with van der Waals surface area (Å²) < 4.78 is 0. The number of nitrogen functional groups attached to an aromatic ring is 1. The van der Waals surface area contributed by atoms with Gasteiger partial charge in [0, 0.05) is 10.6 Å². The third-order valence-corrected chi connectivity index (χ3v) is 3.41. The molecular formula is C11H11ClN2S. The molecule has 0 unspecified atom stereocenters. The maximum Gasteiger partial charge on any atom is 0.114 e. The fraction of sp³-hybridized carbons (Fsp3) is 0.182. The van der Waals surface area contributed by atoms with Crippen LogP contribution in [-0.2, 0) is 0 Å². The molecule has 0 fully saturated rings. The zero-order valence-electron chi connectivity index (χ0n) is 8.54. The summed E-state index contributed by atoms with van der Waals surface area (Å²) in [6.45, 7) is 3.92. The quantitative estimate of drug-likeness (QED) is 0.824. The summed E-state index contributed by atoms with van der Waals surface area (Å²) in [7, 11) is 0. The van der Waals surface area contributed by atoms with E-state index in [1.54, 1.807) is 0 Å².